The van der Waals surface area contributed by atoms with Crippen LogP contribution in [0.3, 0.4) is 0 Å². The first-order valence-electron chi connectivity index (χ1n) is 16.5. The van der Waals surface area contributed by atoms with Crippen LogP contribution in [0.15, 0.2) is 90.4 Å². The smallest absolute Gasteiger partial charge is 0.270 e. The third kappa shape index (κ3) is 12.1. The molecule has 0 bridgehead atoms. The zero-order chi connectivity index (χ0) is 33.5. The molecule has 3 aromatic rings. The molecule has 1 aliphatic rings. The molecule has 0 radical (unpaired) electrons. The Morgan fingerprint density at radius 3 is 2.37 bits per heavy atom. The summed E-state index contributed by atoms with van der Waals surface area (Å²) in [4.78, 5) is 17.4. The monoisotopic (exact) mass is 627 g/mol. The van der Waals surface area contributed by atoms with Gasteiger partial charge in [0.05, 0.1) is 13.3 Å². The molecule has 46 heavy (non-hydrogen) atoms. The number of fused-ring (bicyclic) bond motifs is 1. The minimum atomic E-state index is -0.190. The number of carbonyl (C=O) groups excluding carboxylic acids is 1. The molecule has 1 aromatic heterocycles. The lowest BCUT2D eigenvalue weighted by atomic mass is 9.86. The maximum Gasteiger partial charge on any atom is 0.270 e. The first-order valence-corrected chi connectivity index (χ1v) is 16.5. The van der Waals surface area contributed by atoms with E-state index in [0.717, 1.165) is 72.4 Å². The fraction of sp³-hybridized carbons (Fsp3) is 0.436. The molecule has 1 unspecified atom stereocenters. The second kappa shape index (κ2) is 18.3. The van der Waals surface area contributed by atoms with Crippen LogP contribution < -0.4 is 20.1 Å². The van der Waals surface area contributed by atoms with Gasteiger partial charge in [-0.05, 0) is 109 Å². The van der Waals surface area contributed by atoms with E-state index in [-0.39, 0.29) is 24.1 Å². The van der Waals surface area contributed by atoms with Gasteiger partial charge in [-0.3, -0.25) is 15.1 Å². The van der Waals surface area contributed by atoms with E-state index in [1.165, 1.54) is 5.57 Å². The molecule has 248 valence electrons. The lowest BCUT2D eigenvalue weighted by Crippen LogP contribution is -2.34. The van der Waals surface area contributed by atoms with Crippen molar-refractivity contribution in [2.24, 2.45) is 11.3 Å². The molecule has 2 atom stereocenters. The van der Waals surface area contributed by atoms with Crippen molar-refractivity contribution in [2.45, 2.75) is 80.2 Å². The summed E-state index contributed by atoms with van der Waals surface area (Å²) in [5, 5.41) is 15.8. The molecule has 1 aliphatic carbocycles. The molecular weight excluding hydrogens is 574 g/mol. The minimum Gasteiger partial charge on any atom is -0.493 e. The number of aromatic nitrogens is 1. The minimum absolute atomic E-state index is 0.0490. The number of benzene rings is 2. The maximum atomic E-state index is 13.0. The lowest BCUT2D eigenvalue weighted by Gasteiger charge is -2.19. The molecule has 3 N–H and O–H groups in total. The highest BCUT2D eigenvalue weighted by molar-refractivity contribution is 5.96. The van der Waals surface area contributed by atoms with Gasteiger partial charge < -0.3 is 19.9 Å². The van der Waals surface area contributed by atoms with Gasteiger partial charge in [-0.2, -0.15) is 0 Å². The number of amides is 1. The predicted molar refractivity (Wildman–Crippen MR) is 189 cm³/mol. The SMILES string of the molecule is CCC(C)COc1ccc(C[C@@H](C)NC(=O)c2cc3cc(OC4=CCC=C(C(C)(C)C)C=C4)ccc3cn2)cc1.CCCNCO. The highest BCUT2D eigenvalue weighted by Crippen LogP contribution is 2.30. The highest BCUT2D eigenvalue weighted by atomic mass is 16.5. The summed E-state index contributed by atoms with van der Waals surface area (Å²) in [7, 11) is 0. The first kappa shape index (κ1) is 36.5. The summed E-state index contributed by atoms with van der Waals surface area (Å²) in [6, 6.07) is 15.8. The van der Waals surface area contributed by atoms with Crippen LogP contribution in [0.2, 0.25) is 0 Å². The average Bonchev–Trinajstić information content (AvgIpc) is 3.29. The van der Waals surface area contributed by atoms with Gasteiger partial charge >= 0.3 is 0 Å². The number of aliphatic hydroxyl groups excluding tert-OH is 1. The van der Waals surface area contributed by atoms with Gasteiger partial charge in [0.1, 0.15) is 23.0 Å². The number of nitrogens with one attached hydrogen (secondary N) is 2. The fourth-order valence-electron chi connectivity index (χ4n) is 4.72. The third-order valence-electron chi connectivity index (χ3n) is 7.72. The third-order valence-corrected chi connectivity index (χ3v) is 7.72. The van der Waals surface area contributed by atoms with Crippen molar-refractivity contribution < 1.29 is 19.4 Å². The average molecular weight is 628 g/mol. The standard InChI is InChI=1S/C35H42N2O3.C4H11NO/c1-7-24(2)23-39-30-15-11-26(12-16-30)19-25(3)37-34(38)33-21-28-20-32(17-13-27(28)22-36-33)40-31-10-8-9-29(14-18-31)35(4,5)6;1-2-3-5-4-6/h9-18,20-22,24-25H,7-8,19,23H2,1-6H3,(H,37,38);5-6H,2-4H2,1H3/t24?,25-;/m1./s1. The van der Waals surface area contributed by atoms with Gasteiger partial charge in [0.2, 0.25) is 0 Å². The van der Waals surface area contributed by atoms with E-state index in [4.69, 9.17) is 14.6 Å². The number of ether oxygens (including phenoxy) is 2. The molecule has 1 heterocycles. The number of carbonyl (C=O) groups is 1. The Kier molecular flexibility index (Phi) is 14.5. The molecule has 1 amide bonds. The molecule has 0 aliphatic heterocycles. The quantitative estimate of drug-likeness (QED) is 0.131. The molecule has 7 heteroatoms. The summed E-state index contributed by atoms with van der Waals surface area (Å²) < 4.78 is 12.0. The summed E-state index contributed by atoms with van der Waals surface area (Å²) in [6.07, 6.45) is 13.9. The summed E-state index contributed by atoms with van der Waals surface area (Å²) >= 11 is 0. The molecule has 2 aromatic carbocycles. The zero-order valence-electron chi connectivity index (χ0n) is 28.7. The summed E-state index contributed by atoms with van der Waals surface area (Å²) in [5.74, 6) is 2.76. The van der Waals surface area contributed by atoms with Crippen LogP contribution in [-0.4, -0.2) is 41.9 Å². The number of hydrogen-bond donors (Lipinski definition) is 3. The fourth-order valence-corrected chi connectivity index (χ4v) is 4.72. The van der Waals surface area contributed by atoms with Crippen LogP contribution in [-0.2, 0) is 6.42 Å². The second-order valence-corrected chi connectivity index (χ2v) is 13.0. The van der Waals surface area contributed by atoms with E-state index in [2.05, 4.69) is 87.5 Å². The first-order chi connectivity index (χ1) is 22.0. The topological polar surface area (TPSA) is 92.7 Å². The zero-order valence-corrected chi connectivity index (χ0v) is 28.7. The Hall–Kier alpha value is -3.94. The number of hydrogen-bond acceptors (Lipinski definition) is 6. The maximum absolute atomic E-state index is 13.0. The Labute approximate surface area is 275 Å². The molecule has 0 spiro atoms. The molecule has 0 fully saturated rings. The van der Waals surface area contributed by atoms with E-state index in [0.29, 0.717) is 11.6 Å². The Morgan fingerprint density at radius 2 is 1.72 bits per heavy atom. The van der Waals surface area contributed by atoms with Gasteiger partial charge in [-0.1, -0.05) is 72.2 Å². The van der Waals surface area contributed by atoms with Crippen LogP contribution >= 0.6 is 0 Å². The van der Waals surface area contributed by atoms with Crippen molar-refractivity contribution in [3.8, 4) is 11.5 Å². The number of allylic oxidation sites excluding steroid dienone is 5. The van der Waals surface area contributed by atoms with Crippen molar-refractivity contribution >= 4 is 16.7 Å². The van der Waals surface area contributed by atoms with Crippen molar-refractivity contribution in [1.29, 1.82) is 0 Å². The largest absolute Gasteiger partial charge is 0.493 e. The number of aliphatic hydroxyl groups is 1. The normalized spacial score (nSPS) is 14.3. The molecule has 4 rings (SSSR count). The Balaban J connectivity index is 0.000000875. The van der Waals surface area contributed by atoms with Gasteiger partial charge in [0.15, 0.2) is 0 Å². The van der Waals surface area contributed by atoms with Crippen LogP contribution in [0.1, 0.15) is 83.8 Å². The van der Waals surface area contributed by atoms with Gasteiger partial charge in [0.25, 0.3) is 5.91 Å². The number of pyridine rings is 1. The van der Waals surface area contributed by atoms with Crippen LogP contribution in [0.25, 0.3) is 10.8 Å². The van der Waals surface area contributed by atoms with E-state index in [1.54, 1.807) is 6.20 Å². The van der Waals surface area contributed by atoms with Gasteiger partial charge in [-0.15, -0.1) is 0 Å². The van der Waals surface area contributed by atoms with Gasteiger partial charge in [0, 0.05) is 17.6 Å². The van der Waals surface area contributed by atoms with Crippen molar-refractivity contribution in [3.63, 3.8) is 0 Å². The van der Waals surface area contributed by atoms with E-state index in [9.17, 15) is 4.79 Å². The molecule has 7 nitrogen and oxygen atoms in total. The summed E-state index contributed by atoms with van der Waals surface area (Å²) in [6.45, 7) is 16.8. The van der Waals surface area contributed by atoms with Crippen LogP contribution in [0.4, 0.5) is 0 Å². The van der Waals surface area contributed by atoms with E-state index >= 15 is 0 Å². The predicted octanol–water partition coefficient (Wildman–Crippen LogP) is 8.15. The van der Waals surface area contributed by atoms with Crippen LogP contribution in [0.5, 0.6) is 11.5 Å². The van der Waals surface area contributed by atoms with Crippen molar-refractivity contribution in [1.82, 2.24) is 15.6 Å². The van der Waals surface area contributed by atoms with Crippen molar-refractivity contribution in [2.75, 3.05) is 19.9 Å². The summed E-state index contributed by atoms with van der Waals surface area (Å²) in [5.41, 5.74) is 2.91. The highest BCUT2D eigenvalue weighted by Gasteiger charge is 2.16. The Bertz CT molecular complexity index is 1480. The number of nitrogens with zero attached hydrogens (tertiary/aromatic N) is 1. The molecule has 0 saturated heterocycles. The van der Waals surface area contributed by atoms with Crippen LogP contribution in [0, 0.1) is 11.3 Å². The van der Waals surface area contributed by atoms with E-state index < -0.39 is 0 Å². The van der Waals surface area contributed by atoms with E-state index in [1.807, 2.05) is 49.4 Å². The Morgan fingerprint density at radius 1 is 0.978 bits per heavy atom. The molecule has 0 saturated carbocycles. The number of rotatable bonds is 13. The second-order valence-electron chi connectivity index (χ2n) is 13.0. The molecular formula is C39H53N3O4. The van der Waals surface area contributed by atoms with Crippen molar-refractivity contribution in [3.05, 3.63) is 102 Å². The lowest BCUT2D eigenvalue weighted by molar-refractivity contribution is 0.0935. The van der Waals surface area contributed by atoms with Gasteiger partial charge in [-0.25, -0.2) is 0 Å².